The van der Waals surface area contributed by atoms with Gasteiger partial charge in [-0.05, 0) is 37.5 Å². The van der Waals surface area contributed by atoms with Crippen LogP contribution >= 0.6 is 11.8 Å². The van der Waals surface area contributed by atoms with Crippen molar-refractivity contribution >= 4 is 17.7 Å². The van der Waals surface area contributed by atoms with E-state index in [9.17, 15) is 4.79 Å². The van der Waals surface area contributed by atoms with E-state index in [1.807, 2.05) is 24.8 Å². The molecule has 1 aromatic carbocycles. The van der Waals surface area contributed by atoms with E-state index in [0.29, 0.717) is 6.04 Å². The number of thioether (sulfide) groups is 1. The summed E-state index contributed by atoms with van der Waals surface area (Å²) >= 11 is 1.85. The van der Waals surface area contributed by atoms with Crippen molar-refractivity contribution in [3.8, 4) is 0 Å². The van der Waals surface area contributed by atoms with Gasteiger partial charge >= 0.3 is 0 Å². The highest BCUT2D eigenvalue weighted by Crippen LogP contribution is 2.25. The van der Waals surface area contributed by atoms with Crippen LogP contribution in [0.1, 0.15) is 31.7 Å². The van der Waals surface area contributed by atoms with E-state index in [-0.39, 0.29) is 5.91 Å². The summed E-state index contributed by atoms with van der Waals surface area (Å²) in [5.74, 6) is 1.69. The van der Waals surface area contributed by atoms with E-state index in [4.69, 9.17) is 5.73 Å². The highest BCUT2D eigenvalue weighted by Gasteiger charge is 2.36. The molecule has 3 nitrogen and oxygen atoms in total. The van der Waals surface area contributed by atoms with Gasteiger partial charge in [-0.1, -0.05) is 30.3 Å². The monoisotopic (exact) mass is 278 g/mol. The first kappa shape index (κ1) is 14.4. The van der Waals surface area contributed by atoms with Gasteiger partial charge in [-0.25, -0.2) is 0 Å². The molecule has 0 saturated heterocycles. The molecular formula is C15H22N2OS. The zero-order valence-corrected chi connectivity index (χ0v) is 12.2. The van der Waals surface area contributed by atoms with E-state index >= 15 is 0 Å². The molecule has 1 saturated carbocycles. The lowest BCUT2D eigenvalue weighted by Crippen LogP contribution is -2.54. The minimum Gasteiger partial charge on any atom is -0.368 e. The number of carbonyl (C=O) groups excluding carboxylic acids is 1. The quantitative estimate of drug-likeness (QED) is 0.717. The SMILES string of the molecule is CC(CCSCc1ccccc1)(NC1CC1)C(N)=O. The molecule has 0 bridgehead atoms. The molecule has 4 heteroatoms. The second-order valence-corrected chi connectivity index (χ2v) is 6.51. The minimum atomic E-state index is -0.551. The molecule has 3 N–H and O–H groups in total. The Morgan fingerprint density at radius 2 is 2.11 bits per heavy atom. The van der Waals surface area contributed by atoms with Crippen molar-refractivity contribution in [2.24, 2.45) is 5.73 Å². The van der Waals surface area contributed by atoms with Gasteiger partial charge < -0.3 is 11.1 Å². The van der Waals surface area contributed by atoms with Crippen LogP contribution in [-0.2, 0) is 10.5 Å². The number of benzene rings is 1. The van der Waals surface area contributed by atoms with Crippen LogP contribution < -0.4 is 11.1 Å². The fraction of sp³-hybridized carbons (Fsp3) is 0.533. The highest BCUT2D eigenvalue weighted by atomic mass is 32.2. The lowest BCUT2D eigenvalue weighted by molar-refractivity contribution is -0.124. The van der Waals surface area contributed by atoms with Crippen LogP contribution in [0.2, 0.25) is 0 Å². The molecule has 0 heterocycles. The summed E-state index contributed by atoms with van der Waals surface area (Å²) in [6.45, 7) is 1.93. The minimum absolute atomic E-state index is 0.236. The predicted molar refractivity (Wildman–Crippen MR) is 81.0 cm³/mol. The third kappa shape index (κ3) is 4.55. The maximum absolute atomic E-state index is 11.6. The second-order valence-electron chi connectivity index (χ2n) is 5.40. The van der Waals surface area contributed by atoms with Crippen molar-refractivity contribution in [1.82, 2.24) is 5.32 Å². The van der Waals surface area contributed by atoms with E-state index in [2.05, 4.69) is 29.6 Å². The van der Waals surface area contributed by atoms with Crippen molar-refractivity contribution in [2.45, 2.75) is 43.5 Å². The number of carbonyl (C=O) groups is 1. The Balaban J connectivity index is 1.74. The topological polar surface area (TPSA) is 55.1 Å². The molecule has 1 atom stereocenters. The Bertz CT molecular complexity index is 419. The first-order chi connectivity index (χ1) is 9.10. The number of hydrogen-bond donors (Lipinski definition) is 2. The zero-order chi connectivity index (χ0) is 13.7. The van der Waals surface area contributed by atoms with Crippen LogP contribution in [-0.4, -0.2) is 23.2 Å². The molecule has 1 amide bonds. The summed E-state index contributed by atoms with van der Waals surface area (Å²) in [5, 5.41) is 3.38. The predicted octanol–water partition coefficient (Wildman–Crippen LogP) is 2.31. The van der Waals surface area contributed by atoms with Gasteiger partial charge in [-0.15, -0.1) is 0 Å². The van der Waals surface area contributed by atoms with Gasteiger partial charge in [0.2, 0.25) is 5.91 Å². The van der Waals surface area contributed by atoms with Crippen LogP contribution in [0, 0.1) is 0 Å². The summed E-state index contributed by atoms with van der Waals surface area (Å²) in [5.41, 5.74) is 6.30. The molecule has 104 valence electrons. The summed E-state index contributed by atoms with van der Waals surface area (Å²) < 4.78 is 0. The average Bonchev–Trinajstić information content (AvgIpc) is 3.19. The van der Waals surface area contributed by atoms with Crippen molar-refractivity contribution in [3.63, 3.8) is 0 Å². The number of hydrogen-bond acceptors (Lipinski definition) is 3. The maximum atomic E-state index is 11.6. The molecule has 1 unspecified atom stereocenters. The molecule has 19 heavy (non-hydrogen) atoms. The first-order valence-electron chi connectivity index (χ1n) is 6.79. The Hall–Kier alpha value is -1.00. The third-order valence-electron chi connectivity index (χ3n) is 3.50. The summed E-state index contributed by atoms with van der Waals surface area (Å²) in [6, 6.07) is 10.9. The fourth-order valence-electron chi connectivity index (χ4n) is 1.99. The van der Waals surface area contributed by atoms with Gasteiger partial charge in [-0.3, -0.25) is 4.79 Å². The normalized spacial score (nSPS) is 17.9. The Morgan fingerprint density at radius 3 is 2.68 bits per heavy atom. The number of primary amides is 1. The van der Waals surface area contributed by atoms with Gasteiger partial charge in [-0.2, -0.15) is 11.8 Å². The van der Waals surface area contributed by atoms with E-state index < -0.39 is 5.54 Å². The Kier molecular flexibility index (Phi) is 4.88. The zero-order valence-electron chi connectivity index (χ0n) is 11.4. The standard InChI is InChI=1S/C15H22N2OS/c1-15(14(16)18,17-13-7-8-13)9-10-19-11-12-5-3-2-4-6-12/h2-6,13,17H,7-11H2,1H3,(H2,16,18). The third-order valence-corrected chi connectivity index (χ3v) is 4.53. The van der Waals surface area contributed by atoms with Gasteiger partial charge in [0.15, 0.2) is 0 Å². The van der Waals surface area contributed by atoms with Crippen LogP contribution in [0.3, 0.4) is 0 Å². The lowest BCUT2D eigenvalue weighted by Gasteiger charge is -2.27. The van der Waals surface area contributed by atoms with Gasteiger partial charge in [0, 0.05) is 11.8 Å². The molecule has 0 radical (unpaired) electrons. The molecule has 1 aliphatic carbocycles. The highest BCUT2D eigenvalue weighted by molar-refractivity contribution is 7.98. The second kappa shape index (κ2) is 6.44. The van der Waals surface area contributed by atoms with Crippen LogP contribution in [0.15, 0.2) is 30.3 Å². The van der Waals surface area contributed by atoms with Crippen molar-refractivity contribution < 1.29 is 4.79 Å². The van der Waals surface area contributed by atoms with Crippen LogP contribution in [0.4, 0.5) is 0 Å². The molecule has 0 aliphatic heterocycles. The fourth-order valence-corrected chi connectivity index (χ4v) is 3.11. The van der Waals surface area contributed by atoms with Crippen LogP contribution in [0.25, 0.3) is 0 Å². The van der Waals surface area contributed by atoms with Crippen LogP contribution in [0.5, 0.6) is 0 Å². The Labute approximate surface area is 119 Å². The average molecular weight is 278 g/mol. The molecule has 2 rings (SSSR count). The van der Waals surface area contributed by atoms with E-state index in [0.717, 1.165) is 17.9 Å². The molecule has 0 aromatic heterocycles. The van der Waals surface area contributed by atoms with Gasteiger partial charge in [0.05, 0.1) is 5.54 Å². The van der Waals surface area contributed by atoms with Gasteiger partial charge in [0.25, 0.3) is 0 Å². The molecule has 1 aromatic rings. The number of rotatable bonds is 8. The number of nitrogens with two attached hydrogens (primary N) is 1. The summed E-state index contributed by atoms with van der Waals surface area (Å²) in [4.78, 5) is 11.6. The summed E-state index contributed by atoms with van der Waals surface area (Å²) in [6.07, 6.45) is 3.12. The number of nitrogens with one attached hydrogen (secondary N) is 1. The first-order valence-corrected chi connectivity index (χ1v) is 7.95. The van der Waals surface area contributed by atoms with Crippen molar-refractivity contribution in [2.75, 3.05) is 5.75 Å². The van der Waals surface area contributed by atoms with Gasteiger partial charge in [0.1, 0.15) is 0 Å². The molecule has 1 fully saturated rings. The number of amides is 1. The molecular weight excluding hydrogens is 256 g/mol. The van der Waals surface area contributed by atoms with Crippen molar-refractivity contribution in [3.05, 3.63) is 35.9 Å². The Morgan fingerprint density at radius 1 is 1.42 bits per heavy atom. The van der Waals surface area contributed by atoms with E-state index in [1.54, 1.807) is 0 Å². The molecule has 0 spiro atoms. The summed E-state index contributed by atoms with van der Waals surface area (Å²) in [7, 11) is 0. The van der Waals surface area contributed by atoms with Crippen molar-refractivity contribution in [1.29, 1.82) is 0 Å². The molecule has 1 aliphatic rings. The maximum Gasteiger partial charge on any atom is 0.237 e. The lowest BCUT2D eigenvalue weighted by atomic mass is 9.98. The van der Waals surface area contributed by atoms with E-state index in [1.165, 1.54) is 18.4 Å². The smallest absolute Gasteiger partial charge is 0.237 e. The largest absolute Gasteiger partial charge is 0.368 e.